The minimum Gasteiger partial charge on any atom is -0.394 e. The van der Waals surface area contributed by atoms with Gasteiger partial charge in [0.05, 0.1) is 19.7 Å². The van der Waals surface area contributed by atoms with Crippen LogP contribution in [0, 0.1) is 0 Å². The van der Waals surface area contributed by atoms with Crippen molar-refractivity contribution in [3.05, 3.63) is 35.9 Å². The zero-order chi connectivity index (χ0) is 37.9. The predicted octanol–water partition coefficient (Wildman–Crippen LogP) is -5.43. The van der Waals surface area contributed by atoms with E-state index >= 15 is 0 Å². The van der Waals surface area contributed by atoms with Gasteiger partial charge in [-0.05, 0) is 25.3 Å². The topological polar surface area (TPSA) is 323 Å². The number of guanidine groups is 1. The van der Waals surface area contributed by atoms with Crippen molar-refractivity contribution in [2.45, 2.75) is 63.2 Å². The lowest BCUT2D eigenvalue weighted by molar-refractivity contribution is -0.140. The van der Waals surface area contributed by atoms with Gasteiger partial charge in [0.2, 0.25) is 47.3 Å². The first-order valence-electron chi connectivity index (χ1n) is 16.2. The first-order valence-corrected chi connectivity index (χ1v) is 16.2. The van der Waals surface area contributed by atoms with Gasteiger partial charge in [-0.1, -0.05) is 30.3 Å². The second-order valence-corrected chi connectivity index (χ2v) is 11.6. The van der Waals surface area contributed by atoms with Gasteiger partial charge in [0.25, 0.3) is 0 Å². The number of nitrogens with one attached hydrogen (secondary N) is 6. The van der Waals surface area contributed by atoms with Gasteiger partial charge in [0.1, 0.15) is 24.2 Å². The summed E-state index contributed by atoms with van der Waals surface area (Å²) in [6, 6.07) is 3.46. The van der Waals surface area contributed by atoms with Gasteiger partial charge in [-0.15, -0.1) is 0 Å². The molecule has 2 rings (SSSR count). The Morgan fingerprint density at radius 3 is 2.10 bits per heavy atom. The molecule has 0 aliphatic carbocycles. The van der Waals surface area contributed by atoms with E-state index < -0.39 is 91.1 Å². The Labute approximate surface area is 294 Å². The lowest BCUT2D eigenvalue weighted by Crippen LogP contribution is -2.58. The third kappa shape index (κ3) is 15.5. The number of primary amides is 1. The van der Waals surface area contributed by atoms with Crippen LogP contribution in [-0.4, -0.2) is 127 Å². The van der Waals surface area contributed by atoms with Crippen LogP contribution in [-0.2, 0) is 44.8 Å². The average Bonchev–Trinajstić information content (AvgIpc) is 3.08. The van der Waals surface area contributed by atoms with Gasteiger partial charge >= 0.3 is 0 Å². The summed E-state index contributed by atoms with van der Waals surface area (Å²) in [7, 11) is 0. The Kier molecular flexibility index (Phi) is 17.3. The minimum absolute atomic E-state index is 0.0668. The molecule has 1 heterocycles. The number of benzene rings is 1. The number of aliphatic hydroxyl groups is 1. The number of hydrogen-bond donors (Lipinski definition) is 10. The molecule has 0 radical (unpaired) electrons. The second-order valence-electron chi connectivity index (χ2n) is 11.6. The molecule has 8 amide bonds. The lowest BCUT2D eigenvalue weighted by Gasteiger charge is -2.29. The van der Waals surface area contributed by atoms with Crippen LogP contribution in [0.25, 0.3) is 0 Å². The van der Waals surface area contributed by atoms with Crippen molar-refractivity contribution in [3.8, 4) is 0 Å². The summed E-state index contributed by atoms with van der Waals surface area (Å²) in [5.41, 5.74) is 16.8. The van der Waals surface area contributed by atoms with Gasteiger partial charge in [-0.25, -0.2) is 0 Å². The number of hydrogen-bond acceptors (Lipinski definition) is 10. The van der Waals surface area contributed by atoms with Crippen LogP contribution in [0.3, 0.4) is 0 Å². The summed E-state index contributed by atoms with van der Waals surface area (Å²) in [5, 5.41) is 24.6. The van der Waals surface area contributed by atoms with Crippen molar-refractivity contribution in [1.29, 1.82) is 0 Å². The number of carbonyl (C=O) groups excluding carboxylic acids is 8. The van der Waals surface area contributed by atoms with Crippen LogP contribution >= 0.6 is 0 Å². The third-order valence-electron chi connectivity index (χ3n) is 7.44. The van der Waals surface area contributed by atoms with Crippen LogP contribution in [0.2, 0.25) is 0 Å². The molecule has 280 valence electrons. The summed E-state index contributed by atoms with van der Waals surface area (Å²) in [6.45, 7) is -1.05. The fourth-order valence-corrected chi connectivity index (χ4v) is 4.84. The van der Waals surface area contributed by atoms with Crippen LogP contribution in [0.1, 0.15) is 38.2 Å². The van der Waals surface area contributed by atoms with Crippen molar-refractivity contribution in [2.75, 3.05) is 39.3 Å². The second kappa shape index (κ2) is 21.3. The molecule has 0 spiro atoms. The Hall–Kier alpha value is -5.79. The largest absolute Gasteiger partial charge is 0.394 e. The van der Waals surface area contributed by atoms with Crippen LogP contribution in [0.15, 0.2) is 35.3 Å². The Balaban J connectivity index is 2.40. The standard InChI is InChI=1S/C31H47N11O9/c1-18-27(48)37-15-26(47)40-22(17-43)29(50)41-21(14-19-6-3-2-4-7-19)30(51)42(16-23(32)44)13-12-35-28(49)20(8-5-11-36-31(33)34)39-25(46)10-9-24(45)38-18/h2-4,6-7,18,20-22,43H,5,8-17H2,1H3,(H2,32,44)(H,35,49)(H,37,48)(H,38,45)(H,39,46)(H,40,47)(H,41,50)(H4,33,34,36)/t18-,20-,21-,22-/m0/s1. The highest BCUT2D eigenvalue weighted by atomic mass is 16.3. The molecule has 1 aromatic rings. The highest BCUT2D eigenvalue weighted by molar-refractivity contribution is 5.95. The molecule has 20 nitrogen and oxygen atoms in total. The number of nitrogens with two attached hydrogens (primary N) is 3. The molecule has 0 unspecified atom stereocenters. The summed E-state index contributed by atoms with van der Waals surface area (Å²) < 4.78 is 0. The molecule has 13 N–H and O–H groups in total. The van der Waals surface area contributed by atoms with Crippen molar-refractivity contribution in [3.63, 3.8) is 0 Å². The summed E-state index contributed by atoms with van der Waals surface area (Å²) in [4.78, 5) is 107. The molecule has 1 saturated heterocycles. The molecular weight excluding hydrogens is 670 g/mol. The van der Waals surface area contributed by atoms with Gasteiger partial charge in [-0.2, -0.15) is 0 Å². The highest BCUT2D eigenvalue weighted by Gasteiger charge is 2.31. The summed E-state index contributed by atoms with van der Waals surface area (Å²) in [5.74, 6) is -6.34. The van der Waals surface area contributed by atoms with Crippen LogP contribution in [0.4, 0.5) is 0 Å². The van der Waals surface area contributed by atoms with Crippen molar-refractivity contribution in [1.82, 2.24) is 36.8 Å². The quantitative estimate of drug-likeness (QED) is 0.0653. The zero-order valence-electron chi connectivity index (χ0n) is 28.3. The van der Waals surface area contributed by atoms with Gasteiger partial charge in [-0.3, -0.25) is 43.3 Å². The fraction of sp³-hybridized carbons (Fsp3) is 0.516. The first kappa shape index (κ1) is 41.4. The lowest BCUT2D eigenvalue weighted by atomic mass is 10.0. The molecule has 1 aromatic carbocycles. The van der Waals surface area contributed by atoms with Crippen molar-refractivity contribution >= 4 is 53.2 Å². The van der Waals surface area contributed by atoms with E-state index in [1.165, 1.54) is 6.92 Å². The average molecular weight is 718 g/mol. The molecule has 0 aromatic heterocycles. The zero-order valence-corrected chi connectivity index (χ0v) is 28.3. The SMILES string of the molecule is C[C@@H]1NC(=O)CCC(=O)N[C@@H](CCCN=C(N)N)C(=O)NCCN(CC(N)=O)C(=O)[C@H](Cc2ccccc2)NC(=O)[C@H](CO)NC(=O)CNC1=O. The Morgan fingerprint density at radius 2 is 1.47 bits per heavy atom. The molecule has 4 atom stereocenters. The van der Waals surface area contributed by atoms with Gasteiger partial charge in [0, 0.05) is 38.9 Å². The maximum absolute atomic E-state index is 13.9. The maximum atomic E-state index is 13.9. The number of aliphatic hydroxyl groups excluding tert-OH is 1. The van der Waals surface area contributed by atoms with E-state index in [0.717, 1.165) is 4.90 Å². The van der Waals surface area contributed by atoms with Gasteiger partial charge < -0.3 is 59.1 Å². The molecular formula is C31H47N11O9. The summed E-state index contributed by atoms with van der Waals surface area (Å²) in [6.07, 6.45) is -0.376. The number of nitrogens with zero attached hydrogens (tertiary/aromatic N) is 2. The molecule has 0 bridgehead atoms. The number of amides is 8. The van der Waals surface area contributed by atoms with Crippen LogP contribution < -0.4 is 49.1 Å². The molecule has 20 heteroatoms. The van der Waals surface area contributed by atoms with E-state index in [2.05, 4.69) is 36.9 Å². The minimum atomic E-state index is -1.54. The van der Waals surface area contributed by atoms with E-state index in [-0.39, 0.29) is 57.7 Å². The first-order chi connectivity index (χ1) is 24.2. The van der Waals surface area contributed by atoms with E-state index in [0.29, 0.717) is 5.56 Å². The molecule has 1 aliphatic rings. The molecule has 1 fully saturated rings. The summed E-state index contributed by atoms with van der Waals surface area (Å²) >= 11 is 0. The van der Waals surface area contributed by atoms with Crippen molar-refractivity contribution < 1.29 is 43.5 Å². The number of aliphatic imine (C=N–C) groups is 1. The Bertz CT molecular complexity index is 1440. The third-order valence-corrected chi connectivity index (χ3v) is 7.44. The smallest absolute Gasteiger partial charge is 0.246 e. The number of carbonyl (C=O) groups is 8. The van der Waals surface area contributed by atoms with E-state index in [4.69, 9.17) is 17.2 Å². The van der Waals surface area contributed by atoms with E-state index in [1.54, 1.807) is 30.3 Å². The highest BCUT2D eigenvalue weighted by Crippen LogP contribution is 2.08. The normalized spacial score (nSPS) is 22.3. The monoisotopic (exact) mass is 717 g/mol. The fourth-order valence-electron chi connectivity index (χ4n) is 4.84. The molecule has 1 aliphatic heterocycles. The number of rotatable bonds is 9. The maximum Gasteiger partial charge on any atom is 0.246 e. The van der Waals surface area contributed by atoms with Crippen molar-refractivity contribution in [2.24, 2.45) is 22.2 Å². The Morgan fingerprint density at radius 1 is 0.824 bits per heavy atom. The van der Waals surface area contributed by atoms with E-state index in [9.17, 15) is 43.5 Å². The van der Waals surface area contributed by atoms with Crippen LogP contribution in [0.5, 0.6) is 0 Å². The molecule has 0 saturated carbocycles. The van der Waals surface area contributed by atoms with Gasteiger partial charge in [0.15, 0.2) is 5.96 Å². The molecule has 51 heavy (non-hydrogen) atoms. The van der Waals surface area contributed by atoms with E-state index in [1.807, 2.05) is 0 Å². The predicted molar refractivity (Wildman–Crippen MR) is 182 cm³/mol.